The van der Waals surface area contributed by atoms with E-state index in [0.29, 0.717) is 51.0 Å². The molecule has 0 saturated carbocycles. The maximum Gasteiger partial charge on any atom is 0.339 e. The number of aliphatic hydroxyl groups excluding tert-OH is 1. The largest absolute Gasteiger partial charge is 0.478 e. The van der Waals surface area contributed by atoms with Gasteiger partial charge in [-0.1, -0.05) is 6.08 Å². The minimum Gasteiger partial charge on any atom is -0.478 e. The molecule has 1 saturated heterocycles. The molecule has 3 heterocycles. The van der Waals surface area contributed by atoms with Crippen molar-refractivity contribution in [1.82, 2.24) is 4.90 Å². The second kappa shape index (κ2) is 6.14. The van der Waals surface area contributed by atoms with Crippen LogP contribution in [0.2, 0.25) is 0 Å². The number of aliphatic hydroxyl groups is 1. The van der Waals surface area contributed by atoms with Gasteiger partial charge >= 0.3 is 5.97 Å². The summed E-state index contributed by atoms with van der Waals surface area (Å²) in [6, 6.07) is 0. The highest BCUT2D eigenvalue weighted by atomic mass is 19.1. The van der Waals surface area contributed by atoms with Gasteiger partial charge in [-0.2, -0.15) is 0 Å². The zero-order valence-corrected chi connectivity index (χ0v) is 15.3. The number of hydrogen-bond acceptors (Lipinski definition) is 4. The molecule has 4 aliphatic rings. The number of quaternary nitrogens is 1. The number of piperidine rings is 1. The molecule has 2 N–H and O–H groups in total. The molecule has 0 bridgehead atoms. The Kier molecular flexibility index (Phi) is 4.12. The van der Waals surface area contributed by atoms with Crippen LogP contribution in [-0.2, 0) is 9.59 Å². The Bertz CT molecular complexity index is 835. The number of likely N-dealkylation sites (N-methyl/N-ethyl adjacent to an activating group) is 1. The average Bonchev–Trinajstić information content (AvgIpc) is 2.63. The van der Waals surface area contributed by atoms with Gasteiger partial charge in [0.1, 0.15) is 11.4 Å². The van der Waals surface area contributed by atoms with Crippen LogP contribution >= 0.6 is 0 Å². The van der Waals surface area contributed by atoms with E-state index in [1.54, 1.807) is 6.08 Å². The SMILES string of the molecule is C[N+]12CC=C(C(=O)O)C(=O)C13C=CC=C(F)C3=C(N1CCC(O)CC1)CC2. The number of likely N-dealkylation sites (tertiary alicyclic amines) is 1. The predicted molar refractivity (Wildman–Crippen MR) is 96.2 cm³/mol. The molecule has 3 aliphatic heterocycles. The quantitative estimate of drug-likeness (QED) is 0.562. The number of Topliss-reactive ketones (excluding diaryl/α,β-unsaturated/α-hetero) is 1. The zero-order chi connectivity index (χ0) is 19.4. The highest BCUT2D eigenvalue weighted by molar-refractivity contribution is 6.22. The highest BCUT2D eigenvalue weighted by Crippen LogP contribution is 2.49. The van der Waals surface area contributed by atoms with Crippen LogP contribution in [0.3, 0.4) is 0 Å². The average molecular weight is 375 g/mol. The number of rotatable bonds is 2. The molecular weight excluding hydrogens is 351 g/mol. The van der Waals surface area contributed by atoms with E-state index in [1.165, 1.54) is 18.2 Å². The van der Waals surface area contributed by atoms with Gasteiger partial charge in [-0.25, -0.2) is 9.18 Å². The summed E-state index contributed by atoms with van der Waals surface area (Å²) in [6.07, 6.45) is 7.50. The molecule has 1 spiro atoms. The second-order valence-corrected chi connectivity index (χ2v) is 7.98. The summed E-state index contributed by atoms with van der Waals surface area (Å²) in [4.78, 5) is 27.1. The first-order chi connectivity index (χ1) is 12.8. The van der Waals surface area contributed by atoms with Crippen LogP contribution in [-0.4, -0.2) is 76.2 Å². The second-order valence-electron chi connectivity index (χ2n) is 7.98. The van der Waals surface area contributed by atoms with Crippen molar-refractivity contribution in [2.75, 3.05) is 33.2 Å². The molecule has 1 fully saturated rings. The minimum absolute atomic E-state index is 0.246. The third-order valence-electron chi connectivity index (χ3n) is 6.55. The lowest BCUT2D eigenvalue weighted by molar-refractivity contribution is -0.934. The number of allylic oxidation sites excluding steroid dienone is 2. The Hall–Kier alpha value is -2.25. The van der Waals surface area contributed by atoms with E-state index in [1.807, 2.05) is 7.05 Å². The summed E-state index contributed by atoms with van der Waals surface area (Å²) in [5.41, 5.74) is -0.523. The molecule has 0 radical (unpaired) electrons. The number of aliphatic carboxylic acids is 1. The van der Waals surface area contributed by atoms with Gasteiger partial charge in [0.15, 0.2) is 0 Å². The molecule has 0 aromatic heterocycles. The van der Waals surface area contributed by atoms with E-state index in [0.717, 1.165) is 5.70 Å². The Labute approximate surface area is 157 Å². The van der Waals surface area contributed by atoms with Crippen LogP contribution in [0.5, 0.6) is 0 Å². The van der Waals surface area contributed by atoms with Gasteiger partial charge in [-0.3, -0.25) is 4.79 Å². The summed E-state index contributed by atoms with van der Waals surface area (Å²) >= 11 is 0. The van der Waals surface area contributed by atoms with E-state index in [4.69, 9.17) is 0 Å². The topological polar surface area (TPSA) is 77.8 Å². The molecule has 7 heteroatoms. The number of halogens is 1. The van der Waals surface area contributed by atoms with Gasteiger partial charge in [0.05, 0.1) is 31.8 Å². The summed E-state index contributed by atoms with van der Waals surface area (Å²) in [5.74, 6) is -2.29. The molecule has 6 nitrogen and oxygen atoms in total. The van der Waals surface area contributed by atoms with Gasteiger partial charge < -0.3 is 19.6 Å². The predicted octanol–water partition coefficient (Wildman–Crippen LogP) is 1.30. The number of carbonyl (C=O) groups is 2. The smallest absolute Gasteiger partial charge is 0.339 e. The summed E-state index contributed by atoms with van der Waals surface area (Å²) in [6.45, 7) is 2.18. The molecule has 1 aliphatic carbocycles. The molecule has 144 valence electrons. The molecule has 4 rings (SSSR count). The summed E-state index contributed by atoms with van der Waals surface area (Å²) in [5, 5.41) is 19.3. The van der Waals surface area contributed by atoms with Crippen LogP contribution < -0.4 is 0 Å². The van der Waals surface area contributed by atoms with Crippen molar-refractivity contribution in [1.29, 1.82) is 0 Å². The van der Waals surface area contributed by atoms with E-state index in [2.05, 4.69) is 4.90 Å². The third kappa shape index (κ3) is 2.45. The lowest BCUT2D eigenvalue weighted by Gasteiger charge is -2.55. The lowest BCUT2D eigenvalue weighted by atomic mass is 9.70. The molecule has 0 amide bonds. The Balaban J connectivity index is 1.90. The van der Waals surface area contributed by atoms with E-state index in [-0.39, 0.29) is 16.2 Å². The molecular formula is C20H24FN2O4+. The Morgan fingerprint density at radius 3 is 2.74 bits per heavy atom. The molecule has 2 unspecified atom stereocenters. The van der Waals surface area contributed by atoms with Crippen LogP contribution in [0.4, 0.5) is 4.39 Å². The fourth-order valence-electron chi connectivity index (χ4n) is 4.98. The van der Waals surface area contributed by atoms with Crippen molar-refractivity contribution in [3.63, 3.8) is 0 Å². The first kappa shape index (κ1) is 18.1. The van der Waals surface area contributed by atoms with E-state index >= 15 is 4.39 Å². The summed E-state index contributed by atoms with van der Waals surface area (Å²) < 4.78 is 15.4. The van der Waals surface area contributed by atoms with Crippen molar-refractivity contribution in [3.05, 3.63) is 47.0 Å². The van der Waals surface area contributed by atoms with Crippen molar-refractivity contribution < 1.29 is 28.7 Å². The van der Waals surface area contributed by atoms with Gasteiger partial charge in [0.2, 0.25) is 11.3 Å². The first-order valence-corrected chi connectivity index (χ1v) is 9.35. The Morgan fingerprint density at radius 1 is 1.37 bits per heavy atom. The number of carbonyl (C=O) groups excluding carboxylic acids is 1. The number of ketones is 1. The molecule has 27 heavy (non-hydrogen) atoms. The number of carboxylic acids is 1. The number of nitrogens with zero attached hydrogens (tertiary/aromatic N) is 2. The Morgan fingerprint density at radius 2 is 2.07 bits per heavy atom. The standard InChI is InChI=1S/C20H23FN2O4/c1-23-11-6-14(19(26)27)18(25)20(23)8-2-3-15(21)17(20)16(7-12-23)22-9-4-13(24)5-10-22/h2-3,6,8,13,24H,4-5,7,9-12H2,1H3/p+1. The van der Waals surface area contributed by atoms with Gasteiger partial charge in [0, 0.05) is 25.2 Å². The fraction of sp³-hybridized carbons (Fsp3) is 0.500. The van der Waals surface area contributed by atoms with Crippen LogP contribution in [0, 0.1) is 0 Å². The van der Waals surface area contributed by atoms with Crippen molar-refractivity contribution in [2.45, 2.75) is 30.9 Å². The van der Waals surface area contributed by atoms with E-state index < -0.39 is 23.1 Å². The number of carboxylic acid groups (broad SMARTS) is 1. The maximum atomic E-state index is 15.2. The summed E-state index contributed by atoms with van der Waals surface area (Å²) in [7, 11) is 1.90. The third-order valence-corrected chi connectivity index (χ3v) is 6.55. The van der Waals surface area contributed by atoms with Gasteiger partial charge in [0.25, 0.3) is 0 Å². The molecule has 0 aromatic carbocycles. The van der Waals surface area contributed by atoms with Crippen molar-refractivity contribution in [2.24, 2.45) is 0 Å². The monoisotopic (exact) mass is 375 g/mol. The van der Waals surface area contributed by atoms with Crippen molar-refractivity contribution >= 4 is 11.8 Å². The number of hydrogen-bond donors (Lipinski definition) is 2. The lowest BCUT2D eigenvalue weighted by Crippen LogP contribution is -2.71. The van der Waals surface area contributed by atoms with Crippen LogP contribution in [0.1, 0.15) is 19.3 Å². The highest BCUT2D eigenvalue weighted by Gasteiger charge is 2.63. The van der Waals surface area contributed by atoms with Crippen LogP contribution in [0.15, 0.2) is 47.0 Å². The van der Waals surface area contributed by atoms with Gasteiger partial charge in [-0.05, 0) is 31.1 Å². The van der Waals surface area contributed by atoms with Crippen LogP contribution in [0.25, 0.3) is 0 Å². The minimum atomic E-state index is -1.34. The van der Waals surface area contributed by atoms with Gasteiger partial charge in [-0.15, -0.1) is 0 Å². The zero-order valence-electron chi connectivity index (χ0n) is 15.3. The first-order valence-electron chi connectivity index (χ1n) is 9.35. The maximum absolute atomic E-state index is 15.2. The molecule has 2 atom stereocenters. The van der Waals surface area contributed by atoms with E-state index in [9.17, 15) is 19.8 Å². The fourth-order valence-corrected chi connectivity index (χ4v) is 4.98. The molecule has 0 aromatic rings. The van der Waals surface area contributed by atoms with Crippen molar-refractivity contribution in [3.8, 4) is 0 Å². The normalized spacial score (nSPS) is 34.0.